The van der Waals surface area contributed by atoms with E-state index < -0.39 is 15.8 Å². The fourth-order valence-corrected chi connectivity index (χ4v) is 2.96. The highest BCUT2D eigenvalue weighted by Gasteiger charge is 2.28. The maximum atomic E-state index is 11.9. The molecule has 0 radical (unpaired) electrons. The maximum absolute atomic E-state index is 11.9. The predicted octanol–water partition coefficient (Wildman–Crippen LogP) is 1.03. The molecule has 1 amide bonds. The minimum atomic E-state index is -3.37. The summed E-state index contributed by atoms with van der Waals surface area (Å²) in [5, 5.41) is 0. The Morgan fingerprint density at radius 2 is 1.86 bits per heavy atom. The molecule has 0 saturated carbocycles. The number of nitrogens with zero attached hydrogens (tertiary/aromatic N) is 2. The molecule has 8 heteroatoms. The normalized spacial score (nSPS) is 18.1. The van der Waals surface area contributed by atoms with Gasteiger partial charge in [0.25, 0.3) is 10.2 Å². The predicted molar refractivity (Wildman–Crippen MR) is 81.1 cm³/mol. The van der Waals surface area contributed by atoms with Gasteiger partial charge in [-0.2, -0.15) is 12.7 Å². The van der Waals surface area contributed by atoms with E-state index in [9.17, 15) is 13.2 Å². The molecular formula is C13H27N3O4S. The van der Waals surface area contributed by atoms with Crippen LogP contribution in [0.3, 0.4) is 0 Å². The van der Waals surface area contributed by atoms with Gasteiger partial charge in [-0.25, -0.2) is 9.52 Å². The molecule has 7 nitrogen and oxygen atoms in total. The molecule has 1 saturated heterocycles. The number of hydrogen-bond donors (Lipinski definition) is 1. The topological polar surface area (TPSA) is 79.0 Å². The summed E-state index contributed by atoms with van der Waals surface area (Å²) < 4.78 is 32.2. The van der Waals surface area contributed by atoms with Crippen LogP contribution in [0.25, 0.3) is 0 Å². The van der Waals surface area contributed by atoms with Gasteiger partial charge >= 0.3 is 6.09 Å². The SMILES string of the molecule is CNS(=O)(=O)N(C)CC1CCN(C(=O)OC(C)(C)C)CC1. The van der Waals surface area contributed by atoms with Crippen LogP contribution in [0.2, 0.25) is 0 Å². The molecular weight excluding hydrogens is 294 g/mol. The summed E-state index contributed by atoms with van der Waals surface area (Å²) in [6.07, 6.45) is 1.27. The number of rotatable bonds is 4. The Balaban J connectivity index is 2.44. The van der Waals surface area contributed by atoms with Crippen LogP contribution in [0.4, 0.5) is 4.79 Å². The Kier molecular flexibility index (Phi) is 6.01. The van der Waals surface area contributed by atoms with E-state index in [1.54, 1.807) is 11.9 Å². The summed E-state index contributed by atoms with van der Waals surface area (Å²) in [5.41, 5.74) is -0.491. The van der Waals surface area contributed by atoms with Gasteiger partial charge in [-0.3, -0.25) is 0 Å². The van der Waals surface area contributed by atoms with E-state index in [1.165, 1.54) is 11.4 Å². The van der Waals surface area contributed by atoms with Gasteiger partial charge in [-0.05, 0) is 39.5 Å². The number of amides is 1. The van der Waals surface area contributed by atoms with Crippen molar-refractivity contribution in [2.24, 2.45) is 5.92 Å². The summed E-state index contributed by atoms with van der Waals surface area (Å²) >= 11 is 0. The Labute approximate surface area is 127 Å². The molecule has 124 valence electrons. The van der Waals surface area contributed by atoms with E-state index in [-0.39, 0.29) is 12.0 Å². The first kappa shape index (κ1) is 18.2. The zero-order valence-corrected chi connectivity index (χ0v) is 14.4. The first-order chi connectivity index (χ1) is 9.55. The van der Waals surface area contributed by atoms with Crippen LogP contribution >= 0.6 is 0 Å². The molecule has 0 aromatic rings. The third-order valence-electron chi connectivity index (χ3n) is 3.45. The molecule has 1 aliphatic rings. The lowest BCUT2D eigenvalue weighted by Crippen LogP contribution is -2.45. The highest BCUT2D eigenvalue weighted by atomic mass is 32.2. The first-order valence-corrected chi connectivity index (χ1v) is 8.62. The summed E-state index contributed by atoms with van der Waals surface area (Å²) in [6, 6.07) is 0. The number of carbonyl (C=O) groups excluding carboxylic acids is 1. The van der Waals surface area contributed by atoms with E-state index >= 15 is 0 Å². The van der Waals surface area contributed by atoms with Gasteiger partial charge < -0.3 is 9.64 Å². The van der Waals surface area contributed by atoms with Crippen molar-refractivity contribution in [2.75, 3.05) is 33.7 Å². The second-order valence-corrected chi connectivity index (χ2v) is 8.38. The molecule has 0 bridgehead atoms. The lowest BCUT2D eigenvalue weighted by molar-refractivity contribution is 0.0179. The maximum Gasteiger partial charge on any atom is 0.410 e. The minimum Gasteiger partial charge on any atom is -0.444 e. The molecule has 0 aromatic carbocycles. The summed E-state index contributed by atoms with van der Waals surface area (Å²) in [6.45, 7) is 7.20. The smallest absolute Gasteiger partial charge is 0.410 e. The molecule has 0 atom stereocenters. The highest BCUT2D eigenvalue weighted by molar-refractivity contribution is 7.87. The van der Waals surface area contributed by atoms with E-state index in [0.717, 1.165) is 12.8 Å². The zero-order valence-electron chi connectivity index (χ0n) is 13.5. The van der Waals surface area contributed by atoms with Gasteiger partial charge in [-0.15, -0.1) is 0 Å². The van der Waals surface area contributed by atoms with Gasteiger partial charge in [0.15, 0.2) is 0 Å². The van der Waals surface area contributed by atoms with Crippen molar-refractivity contribution in [3.8, 4) is 0 Å². The molecule has 1 fully saturated rings. The lowest BCUT2D eigenvalue weighted by Gasteiger charge is -2.34. The molecule has 1 N–H and O–H groups in total. The molecule has 1 aliphatic heterocycles. The van der Waals surface area contributed by atoms with Crippen LogP contribution < -0.4 is 4.72 Å². The fourth-order valence-electron chi connectivity index (χ4n) is 2.24. The molecule has 0 spiro atoms. The lowest BCUT2D eigenvalue weighted by atomic mass is 9.97. The molecule has 1 heterocycles. The van der Waals surface area contributed by atoms with Crippen LogP contribution in [0, 0.1) is 5.92 Å². The number of ether oxygens (including phenoxy) is 1. The Morgan fingerprint density at radius 1 is 1.33 bits per heavy atom. The second kappa shape index (κ2) is 6.93. The fraction of sp³-hybridized carbons (Fsp3) is 0.923. The van der Waals surface area contributed by atoms with Crippen molar-refractivity contribution in [3.05, 3.63) is 0 Å². The van der Waals surface area contributed by atoms with Gasteiger partial charge in [-0.1, -0.05) is 0 Å². The van der Waals surface area contributed by atoms with Gasteiger partial charge in [0.05, 0.1) is 0 Å². The summed E-state index contributed by atoms with van der Waals surface area (Å²) in [4.78, 5) is 13.6. The number of piperidine rings is 1. The average Bonchev–Trinajstić information content (AvgIpc) is 2.37. The summed E-state index contributed by atoms with van der Waals surface area (Å²) in [5.74, 6) is 0.261. The third kappa shape index (κ3) is 5.80. The van der Waals surface area contributed by atoms with E-state index in [4.69, 9.17) is 4.74 Å². The highest BCUT2D eigenvalue weighted by Crippen LogP contribution is 2.20. The van der Waals surface area contributed by atoms with Gasteiger partial charge in [0, 0.05) is 33.7 Å². The zero-order chi connectivity index (χ0) is 16.3. The number of likely N-dealkylation sites (tertiary alicyclic amines) is 1. The van der Waals surface area contributed by atoms with Crippen molar-refractivity contribution in [2.45, 2.75) is 39.2 Å². The molecule has 0 aromatic heterocycles. The Morgan fingerprint density at radius 3 is 2.29 bits per heavy atom. The van der Waals surface area contributed by atoms with E-state index in [1.807, 2.05) is 20.8 Å². The van der Waals surface area contributed by atoms with Gasteiger partial charge in [0.2, 0.25) is 0 Å². The van der Waals surface area contributed by atoms with Crippen molar-refractivity contribution in [3.63, 3.8) is 0 Å². The Bertz CT molecular complexity index is 451. The summed E-state index contributed by atoms with van der Waals surface area (Å²) in [7, 11) is -0.412. The number of nitrogens with one attached hydrogen (secondary N) is 1. The minimum absolute atomic E-state index is 0.261. The van der Waals surface area contributed by atoms with Crippen LogP contribution in [0.1, 0.15) is 33.6 Å². The second-order valence-electron chi connectivity index (χ2n) is 6.40. The van der Waals surface area contributed by atoms with E-state index in [2.05, 4.69) is 4.72 Å². The molecule has 1 rings (SSSR count). The van der Waals surface area contributed by atoms with Crippen molar-refractivity contribution in [1.29, 1.82) is 0 Å². The van der Waals surface area contributed by atoms with Crippen molar-refractivity contribution >= 4 is 16.3 Å². The van der Waals surface area contributed by atoms with Gasteiger partial charge in [0.1, 0.15) is 5.60 Å². The van der Waals surface area contributed by atoms with Crippen LogP contribution in [0.5, 0.6) is 0 Å². The number of carbonyl (C=O) groups is 1. The first-order valence-electron chi connectivity index (χ1n) is 7.18. The standard InChI is InChI=1S/C13H27N3O4S/c1-13(2,3)20-12(17)16-8-6-11(7-9-16)10-15(5)21(18,19)14-4/h11,14H,6-10H2,1-5H3. The average molecular weight is 321 g/mol. The third-order valence-corrected chi connectivity index (χ3v) is 4.94. The quantitative estimate of drug-likeness (QED) is 0.839. The van der Waals surface area contributed by atoms with Crippen molar-refractivity contribution < 1.29 is 17.9 Å². The van der Waals surface area contributed by atoms with Crippen LogP contribution in [0.15, 0.2) is 0 Å². The molecule has 0 aliphatic carbocycles. The largest absolute Gasteiger partial charge is 0.444 e. The number of hydrogen-bond acceptors (Lipinski definition) is 4. The molecule has 21 heavy (non-hydrogen) atoms. The Hall–Kier alpha value is -0.860. The molecule has 0 unspecified atom stereocenters. The van der Waals surface area contributed by atoms with E-state index in [0.29, 0.717) is 19.6 Å². The van der Waals surface area contributed by atoms with Crippen LogP contribution in [-0.2, 0) is 14.9 Å². The monoisotopic (exact) mass is 321 g/mol. The van der Waals surface area contributed by atoms with Crippen molar-refractivity contribution in [1.82, 2.24) is 13.9 Å². The van der Waals surface area contributed by atoms with Crippen LogP contribution in [-0.4, -0.2) is 63.0 Å².